The molecule has 1 aliphatic heterocycles. The zero-order valence-electron chi connectivity index (χ0n) is 10.6. The van der Waals surface area contributed by atoms with E-state index < -0.39 is 0 Å². The fourth-order valence-corrected chi connectivity index (χ4v) is 1.86. The van der Waals surface area contributed by atoms with E-state index in [1.807, 2.05) is 6.20 Å². The van der Waals surface area contributed by atoms with Crippen molar-refractivity contribution in [1.29, 1.82) is 0 Å². The van der Waals surface area contributed by atoms with E-state index in [0.717, 1.165) is 44.1 Å². The lowest BCUT2D eigenvalue weighted by Gasteiger charge is -2.25. The Hall–Kier alpha value is -1.58. The summed E-state index contributed by atoms with van der Waals surface area (Å²) in [7, 11) is 2.08. The van der Waals surface area contributed by atoms with Crippen LogP contribution in [0, 0.1) is 6.92 Å². The number of hydrogen-bond donors (Lipinski definition) is 1. The minimum atomic E-state index is 0.888. The van der Waals surface area contributed by atoms with Gasteiger partial charge in [0.15, 0.2) is 5.96 Å². The number of nitrogens with zero attached hydrogens (tertiary/aromatic N) is 3. The maximum atomic E-state index is 4.47. The third kappa shape index (κ3) is 3.44. The highest BCUT2D eigenvalue weighted by atomic mass is 15.3. The second-order valence-electron chi connectivity index (χ2n) is 4.48. The van der Waals surface area contributed by atoms with Crippen molar-refractivity contribution in [3.05, 3.63) is 29.6 Å². The molecule has 0 radical (unpaired) electrons. The van der Waals surface area contributed by atoms with Crippen LogP contribution in [0.2, 0.25) is 0 Å². The molecule has 4 heteroatoms. The molecule has 0 saturated carbocycles. The number of rotatable bonds is 3. The standard InChI is InChI=1S/C13H20N4/c1-11-4-5-12(16-10-11)6-8-15-13-14-7-3-9-17(13)2/h4-5,10H,3,6-9H2,1-2H3,(H,14,15). The van der Waals surface area contributed by atoms with Crippen molar-refractivity contribution in [2.75, 3.05) is 26.7 Å². The van der Waals surface area contributed by atoms with Gasteiger partial charge in [-0.05, 0) is 25.0 Å². The maximum Gasteiger partial charge on any atom is 0.193 e. The number of pyridine rings is 1. The highest BCUT2D eigenvalue weighted by Gasteiger charge is 2.09. The van der Waals surface area contributed by atoms with Gasteiger partial charge in [-0.1, -0.05) is 6.07 Å². The number of guanidine groups is 1. The Kier molecular flexibility index (Phi) is 3.96. The van der Waals surface area contributed by atoms with Crippen LogP contribution < -0.4 is 5.32 Å². The van der Waals surface area contributed by atoms with Gasteiger partial charge in [-0.2, -0.15) is 0 Å². The van der Waals surface area contributed by atoms with Crippen LogP contribution in [0.3, 0.4) is 0 Å². The van der Waals surface area contributed by atoms with E-state index in [2.05, 4.69) is 46.3 Å². The monoisotopic (exact) mass is 232 g/mol. The van der Waals surface area contributed by atoms with Crippen LogP contribution >= 0.6 is 0 Å². The van der Waals surface area contributed by atoms with Crippen molar-refractivity contribution in [3.8, 4) is 0 Å². The van der Waals surface area contributed by atoms with Gasteiger partial charge in [0.25, 0.3) is 0 Å². The average Bonchev–Trinajstić information content (AvgIpc) is 2.34. The van der Waals surface area contributed by atoms with E-state index in [-0.39, 0.29) is 0 Å². The van der Waals surface area contributed by atoms with Gasteiger partial charge in [0.05, 0.1) is 0 Å². The molecule has 2 heterocycles. The van der Waals surface area contributed by atoms with Gasteiger partial charge >= 0.3 is 0 Å². The molecule has 0 aromatic carbocycles. The molecule has 0 aliphatic carbocycles. The molecule has 0 bridgehead atoms. The van der Waals surface area contributed by atoms with Crippen molar-refractivity contribution >= 4 is 5.96 Å². The summed E-state index contributed by atoms with van der Waals surface area (Å²) in [6.45, 7) is 4.98. The molecule has 92 valence electrons. The number of aromatic nitrogens is 1. The number of nitrogens with one attached hydrogen (secondary N) is 1. The molecule has 0 amide bonds. The Bertz CT molecular complexity index is 383. The van der Waals surface area contributed by atoms with Crippen molar-refractivity contribution in [2.45, 2.75) is 19.8 Å². The van der Waals surface area contributed by atoms with Crippen molar-refractivity contribution < 1.29 is 0 Å². The highest BCUT2D eigenvalue weighted by Crippen LogP contribution is 2.00. The van der Waals surface area contributed by atoms with E-state index in [9.17, 15) is 0 Å². The Labute approximate surface area is 103 Å². The van der Waals surface area contributed by atoms with Crippen molar-refractivity contribution in [2.24, 2.45) is 4.99 Å². The van der Waals surface area contributed by atoms with E-state index in [1.165, 1.54) is 5.56 Å². The van der Waals surface area contributed by atoms with Gasteiger partial charge in [0.2, 0.25) is 0 Å². The normalized spacial score (nSPS) is 15.6. The summed E-state index contributed by atoms with van der Waals surface area (Å²) < 4.78 is 0. The van der Waals surface area contributed by atoms with Gasteiger partial charge in [-0.15, -0.1) is 0 Å². The summed E-state index contributed by atoms with van der Waals surface area (Å²) >= 11 is 0. The molecule has 1 aliphatic rings. The molecule has 1 aromatic rings. The molecule has 2 rings (SSSR count). The quantitative estimate of drug-likeness (QED) is 0.851. The van der Waals surface area contributed by atoms with Crippen LogP contribution in [0.1, 0.15) is 17.7 Å². The van der Waals surface area contributed by atoms with Crippen LogP contribution in [-0.2, 0) is 6.42 Å². The predicted molar refractivity (Wildman–Crippen MR) is 70.2 cm³/mol. The first-order chi connectivity index (χ1) is 8.25. The van der Waals surface area contributed by atoms with Crippen molar-refractivity contribution in [3.63, 3.8) is 0 Å². The molecule has 0 saturated heterocycles. The third-order valence-electron chi connectivity index (χ3n) is 2.91. The maximum absolute atomic E-state index is 4.47. The van der Waals surface area contributed by atoms with Crippen molar-refractivity contribution in [1.82, 2.24) is 15.2 Å². The Morgan fingerprint density at radius 2 is 2.29 bits per heavy atom. The zero-order valence-corrected chi connectivity index (χ0v) is 10.6. The van der Waals surface area contributed by atoms with Gasteiger partial charge in [-0.3, -0.25) is 9.98 Å². The Balaban J connectivity index is 1.79. The second-order valence-corrected chi connectivity index (χ2v) is 4.48. The first kappa shape index (κ1) is 11.9. The van der Waals surface area contributed by atoms with Gasteiger partial charge < -0.3 is 10.2 Å². The molecule has 0 fully saturated rings. The fourth-order valence-electron chi connectivity index (χ4n) is 1.86. The predicted octanol–water partition coefficient (Wildman–Crippen LogP) is 1.21. The first-order valence-corrected chi connectivity index (χ1v) is 6.17. The number of aliphatic imine (C=N–C) groups is 1. The molecule has 1 N–H and O–H groups in total. The molecule has 0 atom stereocenters. The molecular weight excluding hydrogens is 212 g/mol. The summed E-state index contributed by atoms with van der Waals surface area (Å²) in [5.41, 5.74) is 2.33. The second kappa shape index (κ2) is 5.66. The van der Waals surface area contributed by atoms with E-state index >= 15 is 0 Å². The summed E-state index contributed by atoms with van der Waals surface area (Å²) in [6, 6.07) is 4.19. The summed E-state index contributed by atoms with van der Waals surface area (Å²) in [6.07, 6.45) is 4.01. The Morgan fingerprint density at radius 1 is 1.41 bits per heavy atom. The van der Waals surface area contributed by atoms with Gasteiger partial charge in [-0.25, -0.2) is 0 Å². The lowest BCUT2D eigenvalue weighted by atomic mass is 10.2. The van der Waals surface area contributed by atoms with Crippen LogP contribution in [-0.4, -0.2) is 42.5 Å². The fraction of sp³-hybridized carbons (Fsp3) is 0.538. The topological polar surface area (TPSA) is 40.5 Å². The van der Waals surface area contributed by atoms with E-state index in [4.69, 9.17) is 0 Å². The molecule has 4 nitrogen and oxygen atoms in total. The number of hydrogen-bond acceptors (Lipinski definition) is 4. The third-order valence-corrected chi connectivity index (χ3v) is 2.91. The lowest BCUT2D eigenvalue weighted by Crippen LogP contribution is -2.42. The average molecular weight is 232 g/mol. The summed E-state index contributed by atoms with van der Waals surface area (Å²) in [5.74, 6) is 1.02. The lowest BCUT2D eigenvalue weighted by molar-refractivity contribution is 0.446. The largest absolute Gasteiger partial charge is 0.356 e. The van der Waals surface area contributed by atoms with Crippen LogP contribution in [0.15, 0.2) is 23.3 Å². The summed E-state index contributed by atoms with van der Waals surface area (Å²) in [5, 5.41) is 3.37. The highest BCUT2D eigenvalue weighted by molar-refractivity contribution is 5.80. The minimum absolute atomic E-state index is 0.888. The Morgan fingerprint density at radius 3 is 3.00 bits per heavy atom. The molecule has 17 heavy (non-hydrogen) atoms. The van der Waals surface area contributed by atoms with Crippen LogP contribution in [0.5, 0.6) is 0 Å². The SMILES string of the molecule is Cc1ccc(CCNC2=NCCCN2C)nc1. The van der Waals surface area contributed by atoms with Crippen LogP contribution in [0.25, 0.3) is 0 Å². The smallest absolute Gasteiger partial charge is 0.193 e. The van der Waals surface area contributed by atoms with Crippen LogP contribution in [0.4, 0.5) is 0 Å². The zero-order chi connectivity index (χ0) is 12.1. The molecular formula is C13H20N4. The van der Waals surface area contributed by atoms with E-state index in [1.54, 1.807) is 0 Å². The minimum Gasteiger partial charge on any atom is -0.356 e. The van der Waals surface area contributed by atoms with E-state index in [0.29, 0.717) is 0 Å². The van der Waals surface area contributed by atoms with Gasteiger partial charge in [0, 0.05) is 45.0 Å². The van der Waals surface area contributed by atoms with Gasteiger partial charge in [0.1, 0.15) is 0 Å². The molecule has 1 aromatic heterocycles. The number of aryl methyl sites for hydroxylation is 1. The first-order valence-electron chi connectivity index (χ1n) is 6.17. The summed E-state index contributed by atoms with van der Waals surface area (Å²) in [4.78, 5) is 11.0. The molecule has 0 spiro atoms. The molecule has 0 unspecified atom stereocenters.